The van der Waals surface area contributed by atoms with Crippen molar-refractivity contribution < 1.29 is 13.9 Å². The van der Waals surface area contributed by atoms with Crippen molar-refractivity contribution in [2.24, 2.45) is 0 Å². The van der Waals surface area contributed by atoms with Gasteiger partial charge < -0.3 is 4.74 Å². The van der Waals surface area contributed by atoms with Crippen molar-refractivity contribution in [1.82, 2.24) is 0 Å². The van der Waals surface area contributed by atoms with Gasteiger partial charge in [-0.15, -0.1) is 0 Å². The minimum absolute atomic E-state index is 0.00114. The third-order valence-electron chi connectivity index (χ3n) is 1.92. The lowest BCUT2D eigenvalue weighted by molar-refractivity contribution is -0.137. The first-order chi connectivity index (χ1) is 8.11. The Bertz CT molecular complexity index is 505. The van der Waals surface area contributed by atoms with Crippen LogP contribution in [0.5, 0.6) is 0 Å². The van der Waals surface area contributed by atoms with Gasteiger partial charge in [0.15, 0.2) is 5.57 Å². The minimum Gasteiger partial charge on any atom is -0.462 e. The van der Waals surface area contributed by atoms with Crippen LogP contribution in [0.25, 0.3) is 5.03 Å². The molecule has 0 aromatic heterocycles. The fraction of sp³-hybridized carbons (Fsp3) is 0.167. The number of carbonyl (C=O) groups is 1. The molecule has 1 rings (SSSR count). The lowest BCUT2D eigenvalue weighted by atomic mass is 10.1. The third kappa shape index (κ3) is 3.05. The largest absolute Gasteiger partial charge is 0.462 e. The van der Waals surface area contributed by atoms with Crippen molar-refractivity contribution in [3.8, 4) is 6.07 Å². The van der Waals surface area contributed by atoms with E-state index in [1.54, 1.807) is 19.1 Å². The Morgan fingerprint density at radius 1 is 1.53 bits per heavy atom. The Morgan fingerprint density at radius 3 is 2.71 bits per heavy atom. The van der Waals surface area contributed by atoms with Crippen LogP contribution in [-0.4, -0.2) is 12.6 Å². The summed E-state index contributed by atoms with van der Waals surface area (Å²) in [5.41, 5.74) is -0.405. The topological polar surface area (TPSA) is 50.1 Å². The molecule has 88 valence electrons. The van der Waals surface area contributed by atoms with Gasteiger partial charge in [-0.05, 0) is 13.0 Å². The number of rotatable bonds is 3. The van der Waals surface area contributed by atoms with Crippen molar-refractivity contribution in [3.05, 3.63) is 41.2 Å². The fourth-order valence-electron chi connectivity index (χ4n) is 1.16. The van der Waals surface area contributed by atoms with Gasteiger partial charge in [0, 0.05) is 5.56 Å². The van der Waals surface area contributed by atoms with Gasteiger partial charge in [-0.25, -0.2) is 9.18 Å². The highest BCUT2D eigenvalue weighted by molar-refractivity contribution is 6.51. The first kappa shape index (κ1) is 13.2. The number of halogens is 2. The summed E-state index contributed by atoms with van der Waals surface area (Å²) in [6.45, 7) is 1.72. The average molecular weight is 254 g/mol. The van der Waals surface area contributed by atoms with Gasteiger partial charge >= 0.3 is 5.97 Å². The fourth-order valence-corrected chi connectivity index (χ4v) is 1.43. The first-order valence-corrected chi connectivity index (χ1v) is 5.21. The van der Waals surface area contributed by atoms with Gasteiger partial charge in [-0.3, -0.25) is 0 Å². The van der Waals surface area contributed by atoms with E-state index in [2.05, 4.69) is 4.74 Å². The van der Waals surface area contributed by atoms with E-state index in [0.29, 0.717) is 0 Å². The lowest BCUT2D eigenvalue weighted by Gasteiger charge is -2.04. The zero-order valence-electron chi connectivity index (χ0n) is 9.04. The minimum atomic E-state index is -0.858. The number of carbonyl (C=O) groups excluding carboxylic acids is 1. The summed E-state index contributed by atoms with van der Waals surface area (Å²) in [5, 5.41) is 8.58. The maximum absolute atomic E-state index is 13.4. The Morgan fingerprint density at radius 2 is 2.18 bits per heavy atom. The van der Waals surface area contributed by atoms with E-state index in [1.807, 2.05) is 0 Å². The monoisotopic (exact) mass is 253 g/mol. The molecule has 0 heterocycles. The second kappa shape index (κ2) is 6.02. The summed E-state index contributed by atoms with van der Waals surface area (Å²) < 4.78 is 18.1. The molecule has 3 nitrogen and oxygen atoms in total. The molecule has 1 aromatic rings. The summed E-state index contributed by atoms with van der Waals surface area (Å²) in [6, 6.07) is 7.24. The summed E-state index contributed by atoms with van der Waals surface area (Å²) in [7, 11) is 0. The molecule has 0 unspecified atom stereocenters. The van der Waals surface area contributed by atoms with Crippen molar-refractivity contribution in [2.45, 2.75) is 6.92 Å². The normalized spacial score (nSPS) is 11.4. The Hall–Kier alpha value is -1.86. The van der Waals surface area contributed by atoms with Crippen LogP contribution in [0.1, 0.15) is 12.5 Å². The molecule has 17 heavy (non-hydrogen) atoms. The molecule has 0 bridgehead atoms. The van der Waals surface area contributed by atoms with Crippen LogP contribution in [0.15, 0.2) is 29.8 Å². The lowest BCUT2D eigenvalue weighted by Crippen LogP contribution is -2.07. The van der Waals surface area contributed by atoms with Crippen LogP contribution < -0.4 is 0 Å². The van der Waals surface area contributed by atoms with Crippen LogP contribution in [0, 0.1) is 17.1 Å². The number of hydrogen-bond donors (Lipinski definition) is 0. The number of benzene rings is 1. The maximum atomic E-state index is 13.4. The molecule has 0 fully saturated rings. The van der Waals surface area contributed by atoms with E-state index in [4.69, 9.17) is 16.9 Å². The quantitative estimate of drug-likeness (QED) is 0.473. The van der Waals surface area contributed by atoms with E-state index < -0.39 is 17.4 Å². The van der Waals surface area contributed by atoms with Crippen molar-refractivity contribution in [2.75, 3.05) is 6.61 Å². The number of nitrogens with zero attached hydrogens (tertiary/aromatic N) is 1. The molecule has 0 atom stereocenters. The van der Waals surface area contributed by atoms with Crippen molar-refractivity contribution in [1.29, 1.82) is 5.26 Å². The molecule has 0 saturated carbocycles. The molecule has 0 amide bonds. The van der Waals surface area contributed by atoms with Gasteiger partial charge in [-0.1, -0.05) is 29.8 Å². The molecule has 0 aliphatic heterocycles. The van der Waals surface area contributed by atoms with Gasteiger partial charge in [0.25, 0.3) is 0 Å². The van der Waals surface area contributed by atoms with Crippen LogP contribution >= 0.6 is 11.6 Å². The van der Waals surface area contributed by atoms with Crippen LogP contribution in [0.2, 0.25) is 0 Å². The van der Waals surface area contributed by atoms with Crippen molar-refractivity contribution >= 4 is 22.6 Å². The highest BCUT2D eigenvalue weighted by atomic mass is 35.5. The summed E-state index contributed by atoms with van der Waals surface area (Å²) in [5.74, 6) is -1.46. The van der Waals surface area contributed by atoms with Gasteiger partial charge in [-0.2, -0.15) is 5.26 Å². The molecule has 0 saturated heterocycles. The molecule has 0 spiro atoms. The summed E-state index contributed by atoms with van der Waals surface area (Å²) in [4.78, 5) is 11.4. The molecular formula is C12H9ClFNO2. The van der Waals surface area contributed by atoms with E-state index in [1.165, 1.54) is 18.2 Å². The van der Waals surface area contributed by atoms with Gasteiger partial charge in [0.2, 0.25) is 0 Å². The van der Waals surface area contributed by atoms with E-state index >= 15 is 0 Å². The first-order valence-electron chi connectivity index (χ1n) is 4.83. The zero-order valence-corrected chi connectivity index (χ0v) is 9.79. The second-order valence-corrected chi connectivity index (χ2v) is 3.38. The van der Waals surface area contributed by atoms with E-state index in [0.717, 1.165) is 0 Å². The Kier molecular flexibility index (Phi) is 4.68. The van der Waals surface area contributed by atoms with E-state index in [9.17, 15) is 9.18 Å². The molecule has 0 aliphatic rings. The second-order valence-electron chi connectivity index (χ2n) is 3.00. The van der Waals surface area contributed by atoms with E-state index in [-0.39, 0.29) is 17.2 Å². The number of ether oxygens (including phenoxy) is 1. The maximum Gasteiger partial charge on any atom is 0.350 e. The Labute approximate surface area is 103 Å². The SMILES string of the molecule is CCOC(=O)C(C#N)=C(Cl)c1ccccc1F. The molecule has 5 heteroatoms. The predicted molar refractivity (Wildman–Crippen MR) is 61.4 cm³/mol. The number of nitriles is 1. The smallest absolute Gasteiger partial charge is 0.350 e. The zero-order chi connectivity index (χ0) is 12.8. The van der Waals surface area contributed by atoms with Crippen molar-refractivity contribution in [3.63, 3.8) is 0 Å². The summed E-state index contributed by atoms with van der Waals surface area (Å²) >= 11 is 5.82. The average Bonchev–Trinajstić information content (AvgIpc) is 2.30. The Balaban J connectivity index is 3.24. The van der Waals surface area contributed by atoms with Crippen LogP contribution in [0.3, 0.4) is 0 Å². The third-order valence-corrected chi connectivity index (χ3v) is 2.31. The molecule has 0 aliphatic carbocycles. The van der Waals surface area contributed by atoms with Crippen LogP contribution in [-0.2, 0) is 9.53 Å². The van der Waals surface area contributed by atoms with Crippen LogP contribution in [0.4, 0.5) is 4.39 Å². The molecule has 0 N–H and O–H groups in total. The molecule has 0 radical (unpaired) electrons. The number of hydrogen-bond acceptors (Lipinski definition) is 3. The summed E-state index contributed by atoms with van der Waals surface area (Å²) in [6.07, 6.45) is 0. The van der Waals surface area contributed by atoms with Gasteiger partial charge in [0.05, 0.1) is 11.6 Å². The molecule has 1 aromatic carbocycles. The standard InChI is InChI=1S/C12H9ClFNO2/c1-2-17-12(16)9(7-15)11(13)8-5-3-4-6-10(8)14/h3-6H,2H2,1H3. The molecular weight excluding hydrogens is 245 g/mol. The highest BCUT2D eigenvalue weighted by Crippen LogP contribution is 2.25. The predicted octanol–water partition coefficient (Wildman–Crippen LogP) is 2.86. The number of esters is 1. The highest BCUT2D eigenvalue weighted by Gasteiger charge is 2.18. The van der Waals surface area contributed by atoms with Gasteiger partial charge in [0.1, 0.15) is 11.9 Å².